The molecule has 0 fully saturated rings. The molecule has 7 nitrogen and oxygen atoms in total. The number of amides is 1. The zero-order valence-electron chi connectivity index (χ0n) is 10.2. The van der Waals surface area contributed by atoms with Gasteiger partial charge < -0.3 is 26.3 Å². The standard InChI is InChI=1S/C11H14FN3O4/c1-18-10(16)6-4-9(7(12)5-8(6)13)15-2-3-19-11(14)17/h4-5,15H,2-3,13H2,1H3,(H2,14,17). The first-order chi connectivity index (χ1) is 8.95. The van der Waals surface area contributed by atoms with Crippen LogP contribution in [0.4, 0.5) is 20.6 Å². The lowest BCUT2D eigenvalue weighted by atomic mass is 10.1. The van der Waals surface area contributed by atoms with Gasteiger partial charge in [-0.3, -0.25) is 0 Å². The lowest BCUT2D eigenvalue weighted by Crippen LogP contribution is -2.19. The quantitative estimate of drug-likeness (QED) is 0.412. The topological polar surface area (TPSA) is 117 Å². The highest BCUT2D eigenvalue weighted by molar-refractivity contribution is 5.96. The molecule has 0 aliphatic carbocycles. The number of benzene rings is 1. The van der Waals surface area contributed by atoms with Crippen LogP contribution in [0.25, 0.3) is 0 Å². The fourth-order valence-electron chi connectivity index (χ4n) is 1.35. The second kappa shape index (κ2) is 6.43. The molecule has 0 spiro atoms. The van der Waals surface area contributed by atoms with E-state index in [-0.39, 0.29) is 30.1 Å². The van der Waals surface area contributed by atoms with Gasteiger partial charge in [-0.25, -0.2) is 14.0 Å². The SMILES string of the molecule is COC(=O)c1cc(NCCOC(N)=O)c(F)cc1N. The number of carbonyl (C=O) groups excluding carboxylic acids is 2. The number of rotatable bonds is 5. The van der Waals surface area contributed by atoms with E-state index in [1.54, 1.807) is 0 Å². The Bertz CT molecular complexity index is 493. The van der Waals surface area contributed by atoms with Crippen molar-refractivity contribution in [3.63, 3.8) is 0 Å². The van der Waals surface area contributed by atoms with Gasteiger partial charge in [0.25, 0.3) is 0 Å². The highest BCUT2D eigenvalue weighted by atomic mass is 19.1. The van der Waals surface area contributed by atoms with Crippen LogP contribution in [0.1, 0.15) is 10.4 Å². The first-order valence-corrected chi connectivity index (χ1v) is 5.29. The van der Waals surface area contributed by atoms with Gasteiger partial charge in [0, 0.05) is 12.2 Å². The third-order valence-corrected chi connectivity index (χ3v) is 2.21. The van der Waals surface area contributed by atoms with E-state index in [1.807, 2.05) is 0 Å². The summed E-state index contributed by atoms with van der Waals surface area (Å²) in [5.74, 6) is -1.31. The summed E-state index contributed by atoms with van der Waals surface area (Å²) in [5, 5.41) is 2.64. The summed E-state index contributed by atoms with van der Waals surface area (Å²) in [6, 6.07) is 2.23. The molecule has 0 aromatic heterocycles. The third kappa shape index (κ3) is 4.02. The predicted octanol–water partition coefficient (Wildman–Crippen LogP) is 0.702. The van der Waals surface area contributed by atoms with Gasteiger partial charge in [-0.15, -0.1) is 0 Å². The molecule has 1 amide bonds. The molecule has 0 aliphatic heterocycles. The van der Waals surface area contributed by atoms with Crippen molar-refractivity contribution in [2.75, 3.05) is 31.3 Å². The van der Waals surface area contributed by atoms with Crippen LogP contribution in [0.2, 0.25) is 0 Å². The lowest BCUT2D eigenvalue weighted by molar-refractivity contribution is 0.0602. The van der Waals surface area contributed by atoms with Crippen molar-refractivity contribution in [1.82, 2.24) is 0 Å². The maximum atomic E-state index is 13.6. The molecule has 1 rings (SSSR count). The van der Waals surface area contributed by atoms with Gasteiger partial charge in [-0.2, -0.15) is 0 Å². The maximum absolute atomic E-state index is 13.6. The highest BCUT2D eigenvalue weighted by Gasteiger charge is 2.14. The Balaban J connectivity index is 2.77. The molecule has 0 aliphatic rings. The Labute approximate surface area is 108 Å². The van der Waals surface area contributed by atoms with E-state index in [0.717, 1.165) is 6.07 Å². The summed E-state index contributed by atoms with van der Waals surface area (Å²) in [7, 11) is 1.19. The van der Waals surface area contributed by atoms with Crippen LogP contribution in [-0.4, -0.2) is 32.3 Å². The number of methoxy groups -OCH3 is 1. The average Bonchev–Trinajstić information content (AvgIpc) is 2.35. The Hall–Kier alpha value is -2.51. The normalized spacial score (nSPS) is 9.79. The molecule has 5 N–H and O–H groups in total. The van der Waals surface area contributed by atoms with E-state index in [9.17, 15) is 14.0 Å². The van der Waals surface area contributed by atoms with Crippen LogP contribution in [-0.2, 0) is 9.47 Å². The van der Waals surface area contributed by atoms with Crippen molar-refractivity contribution >= 4 is 23.4 Å². The Morgan fingerprint density at radius 3 is 2.68 bits per heavy atom. The minimum atomic E-state index is -0.921. The fraction of sp³-hybridized carbons (Fsp3) is 0.273. The second-order valence-electron chi connectivity index (χ2n) is 3.51. The zero-order valence-corrected chi connectivity index (χ0v) is 10.2. The number of nitrogen functional groups attached to an aromatic ring is 1. The fourth-order valence-corrected chi connectivity index (χ4v) is 1.35. The first-order valence-electron chi connectivity index (χ1n) is 5.29. The molecule has 0 unspecified atom stereocenters. The third-order valence-electron chi connectivity index (χ3n) is 2.21. The second-order valence-corrected chi connectivity index (χ2v) is 3.51. The van der Waals surface area contributed by atoms with Crippen LogP contribution >= 0.6 is 0 Å². The van der Waals surface area contributed by atoms with Crippen molar-refractivity contribution in [3.05, 3.63) is 23.5 Å². The number of primary amides is 1. The molecule has 0 saturated heterocycles. The molecule has 19 heavy (non-hydrogen) atoms. The molecule has 0 bridgehead atoms. The summed E-state index contributed by atoms with van der Waals surface area (Å²) in [6.45, 7) is 0.0943. The molecule has 0 radical (unpaired) electrons. The number of nitrogens with two attached hydrogens (primary N) is 2. The van der Waals surface area contributed by atoms with Crippen LogP contribution < -0.4 is 16.8 Å². The summed E-state index contributed by atoms with van der Waals surface area (Å²) >= 11 is 0. The number of halogens is 1. The summed E-state index contributed by atoms with van der Waals surface area (Å²) < 4.78 is 22.5. The minimum Gasteiger partial charge on any atom is -0.465 e. The van der Waals surface area contributed by atoms with E-state index < -0.39 is 17.9 Å². The smallest absolute Gasteiger partial charge is 0.404 e. The Morgan fingerprint density at radius 1 is 1.42 bits per heavy atom. The predicted molar refractivity (Wildman–Crippen MR) is 66.2 cm³/mol. The molecule has 0 heterocycles. The van der Waals surface area contributed by atoms with Gasteiger partial charge in [0.15, 0.2) is 0 Å². The van der Waals surface area contributed by atoms with Gasteiger partial charge in [0.2, 0.25) is 0 Å². The monoisotopic (exact) mass is 271 g/mol. The molecule has 1 aromatic carbocycles. The average molecular weight is 271 g/mol. The van der Waals surface area contributed by atoms with E-state index in [2.05, 4.69) is 14.8 Å². The molecule has 104 valence electrons. The number of hydrogen-bond donors (Lipinski definition) is 3. The van der Waals surface area contributed by atoms with Crippen molar-refractivity contribution in [3.8, 4) is 0 Å². The Morgan fingerprint density at radius 2 is 2.11 bits per heavy atom. The number of hydrogen-bond acceptors (Lipinski definition) is 6. The molecule has 8 heteroatoms. The summed E-state index contributed by atoms with van der Waals surface area (Å²) in [6.07, 6.45) is -0.921. The summed E-state index contributed by atoms with van der Waals surface area (Å²) in [5.41, 5.74) is 10.3. The van der Waals surface area contributed by atoms with Gasteiger partial charge in [0.1, 0.15) is 12.4 Å². The minimum absolute atomic E-state index is 0.0247. The Kier molecular flexibility index (Phi) is 4.92. The van der Waals surface area contributed by atoms with E-state index >= 15 is 0 Å². The van der Waals surface area contributed by atoms with E-state index in [0.29, 0.717) is 0 Å². The van der Waals surface area contributed by atoms with Crippen molar-refractivity contribution in [2.45, 2.75) is 0 Å². The maximum Gasteiger partial charge on any atom is 0.404 e. The van der Waals surface area contributed by atoms with E-state index in [1.165, 1.54) is 13.2 Å². The van der Waals surface area contributed by atoms with Gasteiger partial charge >= 0.3 is 12.1 Å². The van der Waals surface area contributed by atoms with Crippen molar-refractivity contribution < 1.29 is 23.5 Å². The number of esters is 1. The molecular formula is C11H14FN3O4. The van der Waals surface area contributed by atoms with Crippen molar-refractivity contribution in [2.24, 2.45) is 5.73 Å². The lowest BCUT2D eigenvalue weighted by Gasteiger charge is -2.11. The molecule has 1 aromatic rings. The van der Waals surface area contributed by atoms with Crippen molar-refractivity contribution in [1.29, 1.82) is 0 Å². The number of ether oxygens (including phenoxy) is 2. The van der Waals surface area contributed by atoms with E-state index in [4.69, 9.17) is 11.5 Å². The zero-order chi connectivity index (χ0) is 14.4. The number of nitrogens with one attached hydrogen (secondary N) is 1. The first kappa shape index (κ1) is 14.6. The summed E-state index contributed by atoms with van der Waals surface area (Å²) in [4.78, 5) is 21.7. The van der Waals surface area contributed by atoms with Crippen LogP contribution in [0.5, 0.6) is 0 Å². The largest absolute Gasteiger partial charge is 0.465 e. The molecule has 0 atom stereocenters. The molecular weight excluding hydrogens is 257 g/mol. The van der Waals surface area contributed by atoms with Gasteiger partial charge in [0.05, 0.1) is 18.4 Å². The van der Waals surface area contributed by atoms with Crippen LogP contribution in [0.3, 0.4) is 0 Å². The molecule has 0 saturated carbocycles. The number of carbonyl (C=O) groups is 2. The van der Waals surface area contributed by atoms with Crippen LogP contribution in [0.15, 0.2) is 12.1 Å². The van der Waals surface area contributed by atoms with Crippen LogP contribution in [0, 0.1) is 5.82 Å². The van der Waals surface area contributed by atoms with Gasteiger partial charge in [-0.05, 0) is 12.1 Å². The van der Waals surface area contributed by atoms with Gasteiger partial charge in [-0.1, -0.05) is 0 Å². The highest BCUT2D eigenvalue weighted by Crippen LogP contribution is 2.22. The number of anilines is 2.